The summed E-state index contributed by atoms with van der Waals surface area (Å²) in [5.74, 6) is 1.99. The predicted octanol–water partition coefficient (Wildman–Crippen LogP) is 5.37. The molecule has 0 aliphatic carbocycles. The smallest absolute Gasteiger partial charge is 0.127 e. The Hall–Kier alpha value is -2.24. The van der Waals surface area contributed by atoms with Crippen LogP contribution in [-0.4, -0.2) is 51.0 Å². The predicted molar refractivity (Wildman–Crippen MR) is 131 cm³/mol. The fourth-order valence-corrected chi connectivity index (χ4v) is 5.90. The van der Waals surface area contributed by atoms with Gasteiger partial charge in [-0.3, -0.25) is 9.88 Å². The van der Waals surface area contributed by atoms with Crippen molar-refractivity contribution in [1.82, 2.24) is 24.3 Å². The number of fused-ring (bicyclic) bond motifs is 1. The van der Waals surface area contributed by atoms with Crippen molar-refractivity contribution < 1.29 is 0 Å². The number of rotatable bonds is 5. The van der Waals surface area contributed by atoms with Gasteiger partial charge < -0.3 is 9.47 Å². The van der Waals surface area contributed by atoms with Gasteiger partial charge in [0.25, 0.3) is 0 Å². The Kier molecular flexibility index (Phi) is 6.29. The van der Waals surface area contributed by atoms with Crippen LogP contribution in [0, 0.1) is 12.8 Å². The van der Waals surface area contributed by atoms with Crippen LogP contribution in [0.15, 0.2) is 42.6 Å². The summed E-state index contributed by atoms with van der Waals surface area (Å²) in [6.07, 6.45) is 8.06. The molecule has 5 rings (SSSR count). The molecule has 0 unspecified atom stereocenters. The molecule has 2 aliphatic heterocycles. The number of pyridine rings is 1. The zero-order valence-electron chi connectivity index (χ0n) is 19.9. The third kappa shape index (κ3) is 4.08. The molecule has 0 radical (unpaired) electrons. The van der Waals surface area contributed by atoms with Gasteiger partial charge in [-0.15, -0.1) is 0 Å². The number of piperidine rings is 2. The highest BCUT2D eigenvalue weighted by Crippen LogP contribution is 2.41. The highest BCUT2D eigenvalue weighted by atomic mass is 15.2. The average Bonchev–Trinajstić information content (AvgIpc) is 3.18. The van der Waals surface area contributed by atoms with Gasteiger partial charge in [0, 0.05) is 12.7 Å². The van der Waals surface area contributed by atoms with Gasteiger partial charge in [0.15, 0.2) is 0 Å². The molecule has 0 spiro atoms. The van der Waals surface area contributed by atoms with E-state index in [1.54, 1.807) is 0 Å². The van der Waals surface area contributed by atoms with Gasteiger partial charge in [0.1, 0.15) is 5.82 Å². The topological polar surface area (TPSA) is 37.2 Å². The van der Waals surface area contributed by atoms with E-state index in [1.165, 1.54) is 67.9 Å². The lowest BCUT2D eigenvalue weighted by Crippen LogP contribution is -2.37. The van der Waals surface area contributed by atoms with Gasteiger partial charge in [0.2, 0.25) is 0 Å². The third-order valence-corrected chi connectivity index (χ3v) is 7.88. The van der Waals surface area contributed by atoms with Crippen LogP contribution in [0.5, 0.6) is 0 Å². The molecule has 0 N–H and O–H groups in total. The summed E-state index contributed by atoms with van der Waals surface area (Å²) in [4.78, 5) is 15.1. The quantitative estimate of drug-likeness (QED) is 0.544. The van der Waals surface area contributed by atoms with Crippen LogP contribution in [0.1, 0.15) is 68.2 Å². The molecule has 1 aromatic carbocycles. The normalized spacial score (nSPS) is 23.7. The summed E-state index contributed by atoms with van der Waals surface area (Å²) in [6, 6.07) is 13.6. The monoisotopic (exact) mass is 431 g/mol. The zero-order valence-corrected chi connectivity index (χ0v) is 19.9. The van der Waals surface area contributed by atoms with E-state index in [4.69, 9.17) is 9.97 Å². The highest BCUT2D eigenvalue weighted by Gasteiger charge is 2.34. The number of aryl methyl sites for hydroxylation is 1. The Labute approximate surface area is 192 Å². The van der Waals surface area contributed by atoms with Crippen molar-refractivity contribution in [2.24, 2.45) is 5.92 Å². The second-order valence-corrected chi connectivity index (χ2v) is 9.78. The Morgan fingerprint density at radius 1 is 0.969 bits per heavy atom. The first-order valence-electron chi connectivity index (χ1n) is 12.5. The van der Waals surface area contributed by atoms with Gasteiger partial charge in [0.05, 0.1) is 28.8 Å². The van der Waals surface area contributed by atoms with Crippen molar-refractivity contribution in [2.75, 3.05) is 26.7 Å². The van der Waals surface area contributed by atoms with Crippen LogP contribution >= 0.6 is 0 Å². The Bertz CT molecular complexity index is 1050. The lowest BCUT2D eigenvalue weighted by molar-refractivity contribution is 0.102. The standard InChI is InChI=1S/C27H37N5/c1-4-31-17-14-21(15-18-31)19-32-23-11-6-5-10-22(23)29-27(32)25-13-7-12-24(30(25)3)26-20(2)9-8-16-28-26/h5-6,8-11,16,21,24-25H,4,7,12-15,17-19H2,1-3H3/t24-,25+/m0/s1. The molecule has 5 nitrogen and oxygen atoms in total. The summed E-state index contributed by atoms with van der Waals surface area (Å²) in [5.41, 5.74) is 4.96. The van der Waals surface area contributed by atoms with Gasteiger partial charge in [-0.2, -0.15) is 0 Å². The molecule has 2 atom stereocenters. The molecule has 2 aliphatic rings. The fraction of sp³-hybridized carbons (Fsp3) is 0.556. The number of hydrogen-bond acceptors (Lipinski definition) is 4. The summed E-state index contributed by atoms with van der Waals surface area (Å²) >= 11 is 0. The van der Waals surface area contributed by atoms with Gasteiger partial charge in [-0.1, -0.05) is 25.1 Å². The van der Waals surface area contributed by atoms with Crippen molar-refractivity contribution in [2.45, 2.75) is 64.6 Å². The second kappa shape index (κ2) is 9.32. The molecule has 4 heterocycles. The van der Waals surface area contributed by atoms with Gasteiger partial charge in [-0.05, 0) is 95.4 Å². The largest absolute Gasteiger partial charge is 0.326 e. The molecule has 2 fully saturated rings. The van der Waals surface area contributed by atoms with E-state index in [1.807, 2.05) is 12.3 Å². The van der Waals surface area contributed by atoms with E-state index < -0.39 is 0 Å². The number of imidazole rings is 1. The molecule has 32 heavy (non-hydrogen) atoms. The highest BCUT2D eigenvalue weighted by molar-refractivity contribution is 5.76. The zero-order chi connectivity index (χ0) is 22.1. The molecule has 0 saturated carbocycles. The third-order valence-electron chi connectivity index (χ3n) is 7.88. The lowest BCUT2D eigenvalue weighted by Gasteiger charge is -2.40. The summed E-state index contributed by atoms with van der Waals surface area (Å²) in [7, 11) is 2.28. The summed E-state index contributed by atoms with van der Waals surface area (Å²) in [6.45, 7) is 9.19. The second-order valence-electron chi connectivity index (χ2n) is 9.78. The first-order chi connectivity index (χ1) is 15.7. The minimum Gasteiger partial charge on any atom is -0.326 e. The molecule has 0 amide bonds. The van der Waals surface area contributed by atoms with Crippen molar-refractivity contribution in [3.05, 3.63) is 59.7 Å². The molecule has 5 heteroatoms. The van der Waals surface area contributed by atoms with Crippen molar-refractivity contribution in [3.8, 4) is 0 Å². The SMILES string of the molecule is CCN1CCC(Cn2c([C@H]3CCC[C@@H](c4ncccc4C)N3C)nc3ccccc32)CC1. The Balaban J connectivity index is 1.47. The van der Waals surface area contributed by atoms with Crippen LogP contribution < -0.4 is 0 Å². The van der Waals surface area contributed by atoms with Crippen LogP contribution in [0.2, 0.25) is 0 Å². The van der Waals surface area contributed by atoms with Crippen LogP contribution in [0.3, 0.4) is 0 Å². The van der Waals surface area contributed by atoms with Gasteiger partial charge in [-0.25, -0.2) is 4.98 Å². The van der Waals surface area contributed by atoms with E-state index in [9.17, 15) is 0 Å². The molecular weight excluding hydrogens is 394 g/mol. The fourth-order valence-electron chi connectivity index (χ4n) is 5.90. The molecule has 3 aromatic rings. The molecule has 2 saturated heterocycles. The molecular formula is C27H37N5. The van der Waals surface area contributed by atoms with Gasteiger partial charge >= 0.3 is 0 Å². The maximum Gasteiger partial charge on any atom is 0.127 e. The average molecular weight is 432 g/mol. The Morgan fingerprint density at radius 3 is 2.53 bits per heavy atom. The first-order valence-corrected chi connectivity index (χ1v) is 12.5. The van der Waals surface area contributed by atoms with Crippen molar-refractivity contribution in [1.29, 1.82) is 0 Å². The lowest BCUT2D eigenvalue weighted by atomic mass is 9.91. The summed E-state index contributed by atoms with van der Waals surface area (Å²) in [5, 5.41) is 0. The minimum absolute atomic E-state index is 0.332. The van der Waals surface area contributed by atoms with Crippen molar-refractivity contribution in [3.63, 3.8) is 0 Å². The number of likely N-dealkylation sites (tertiary alicyclic amines) is 2. The molecule has 170 valence electrons. The van der Waals surface area contributed by atoms with E-state index in [0.717, 1.165) is 24.4 Å². The van der Waals surface area contributed by atoms with Crippen LogP contribution in [-0.2, 0) is 6.54 Å². The minimum atomic E-state index is 0.332. The van der Waals surface area contributed by atoms with E-state index in [2.05, 4.69) is 65.6 Å². The molecule has 0 bridgehead atoms. The van der Waals surface area contributed by atoms with E-state index in [-0.39, 0.29) is 0 Å². The Morgan fingerprint density at radius 2 is 1.75 bits per heavy atom. The molecule has 2 aromatic heterocycles. The number of benzene rings is 1. The first kappa shape index (κ1) is 21.6. The van der Waals surface area contributed by atoms with E-state index >= 15 is 0 Å². The number of hydrogen-bond donors (Lipinski definition) is 0. The maximum atomic E-state index is 5.22. The van der Waals surface area contributed by atoms with Crippen molar-refractivity contribution >= 4 is 11.0 Å². The number of nitrogens with zero attached hydrogens (tertiary/aromatic N) is 5. The summed E-state index contributed by atoms with van der Waals surface area (Å²) < 4.78 is 2.57. The van der Waals surface area contributed by atoms with E-state index in [0.29, 0.717) is 12.1 Å². The maximum absolute atomic E-state index is 5.22. The van der Waals surface area contributed by atoms with Crippen LogP contribution in [0.4, 0.5) is 0 Å². The van der Waals surface area contributed by atoms with Crippen LogP contribution in [0.25, 0.3) is 11.0 Å². The number of aromatic nitrogens is 3. The number of para-hydroxylation sites is 2.